The van der Waals surface area contributed by atoms with E-state index in [0.29, 0.717) is 0 Å². The highest BCUT2D eigenvalue weighted by molar-refractivity contribution is 7.69. The lowest BCUT2D eigenvalue weighted by atomic mass is 10.1. The van der Waals surface area contributed by atoms with Crippen molar-refractivity contribution in [2.75, 3.05) is 13.1 Å². The zero-order valence-corrected chi connectivity index (χ0v) is 13.1. The van der Waals surface area contributed by atoms with Crippen LogP contribution >= 0.6 is 0 Å². The summed E-state index contributed by atoms with van der Waals surface area (Å²) in [6.45, 7) is 5.82. The Labute approximate surface area is 115 Å². The average Bonchev–Trinajstić information content (AvgIpc) is 2.35. The van der Waals surface area contributed by atoms with Crippen LogP contribution in [-0.2, 0) is 10.9 Å². The van der Waals surface area contributed by atoms with Crippen LogP contribution < -0.4 is 0 Å². The molecule has 0 aromatic carbocycles. The second-order valence-corrected chi connectivity index (χ2v) is 6.06. The summed E-state index contributed by atoms with van der Waals surface area (Å²) >= 11 is 0. The summed E-state index contributed by atoms with van der Waals surface area (Å²) < 4.78 is 23.8. The molecule has 3 nitrogen and oxygen atoms in total. The number of hydrogen-bond donors (Lipinski definition) is 1. The molecular weight excluding hydrogens is 246 g/mol. The fraction of sp³-hybridized carbons (Fsp3) is 1.00. The number of unbranched alkanes of at least 4 members (excludes halogenated alkanes) is 8. The van der Waals surface area contributed by atoms with Crippen molar-refractivity contribution >= 4 is 10.9 Å². The molecule has 0 amide bonds. The first-order chi connectivity index (χ1) is 8.72. The molecule has 0 aliphatic rings. The van der Waals surface area contributed by atoms with Gasteiger partial charge in [-0.3, -0.25) is 0 Å². The highest BCUT2D eigenvalue weighted by atomic mass is 32.2. The van der Waals surface area contributed by atoms with Gasteiger partial charge in [0.15, 0.2) is 0 Å². The molecule has 0 aromatic rings. The van der Waals surface area contributed by atoms with Crippen molar-refractivity contribution in [3.05, 3.63) is 0 Å². The lowest BCUT2D eigenvalue weighted by Crippen LogP contribution is -2.24. The van der Waals surface area contributed by atoms with E-state index >= 15 is 0 Å². The minimum absolute atomic E-state index is 0.718. The molecule has 4 heteroatoms. The van der Waals surface area contributed by atoms with Crippen molar-refractivity contribution in [2.24, 2.45) is 0 Å². The molecule has 0 saturated heterocycles. The fourth-order valence-corrected chi connectivity index (χ4v) is 2.68. The Morgan fingerprint density at radius 2 is 1.06 bits per heavy atom. The Bertz CT molecular complexity index is 220. The van der Waals surface area contributed by atoms with Gasteiger partial charge in [-0.2, -0.15) is 0 Å². The molecule has 0 aliphatic heterocycles. The van der Waals surface area contributed by atoms with E-state index in [0.717, 1.165) is 38.8 Å². The summed E-state index contributed by atoms with van der Waals surface area (Å²) in [5.74, 6) is 0. The Morgan fingerprint density at radius 3 is 1.39 bits per heavy atom. The summed E-state index contributed by atoms with van der Waals surface area (Å²) in [6, 6.07) is 0. The van der Waals surface area contributed by atoms with Crippen molar-refractivity contribution in [1.82, 2.24) is 4.31 Å². The number of thiol groups is 1. The minimum atomic E-state index is -2.38. The van der Waals surface area contributed by atoms with Gasteiger partial charge in [-0.1, -0.05) is 65.2 Å². The maximum Gasteiger partial charge on any atom is 0.203 e. The van der Waals surface area contributed by atoms with Gasteiger partial charge in [0.1, 0.15) is 0 Å². The second kappa shape index (κ2) is 13.3. The van der Waals surface area contributed by atoms with E-state index in [9.17, 15) is 8.42 Å². The van der Waals surface area contributed by atoms with E-state index in [1.165, 1.54) is 38.5 Å². The van der Waals surface area contributed by atoms with Crippen LogP contribution in [0.15, 0.2) is 0 Å². The molecule has 18 heavy (non-hydrogen) atoms. The van der Waals surface area contributed by atoms with E-state index in [2.05, 4.69) is 13.8 Å². The van der Waals surface area contributed by atoms with Crippen LogP contribution in [0.1, 0.15) is 78.1 Å². The first-order valence-electron chi connectivity index (χ1n) is 7.61. The summed E-state index contributed by atoms with van der Waals surface area (Å²) in [7, 11) is -2.38. The summed E-state index contributed by atoms with van der Waals surface area (Å²) in [4.78, 5) is 0. The Hall–Kier alpha value is -0.0900. The maximum atomic E-state index is 11.1. The average molecular weight is 277 g/mol. The van der Waals surface area contributed by atoms with Crippen molar-refractivity contribution < 1.29 is 8.42 Å². The van der Waals surface area contributed by atoms with Crippen LogP contribution in [0, 0.1) is 0 Å². The molecule has 0 aliphatic carbocycles. The van der Waals surface area contributed by atoms with Crippen LogP contribution in [0.25, 0.3) is 0 Å². The first kappa shape index (κ1) is 17.9. The van der Waals surface area contributed by atoms with Crippen molar-refractivity contribution in [2.45, 2.75) is 78.1 Å². The summed E-state index contributed by atoms with van der Waals surface area (Å²) in [6.07, 6.45) is 11.8. The van der Waals surface area contributed by atoms with Crippen LogP contribution in [0.2, 0.25) is 0 Å². The molecule has 110 valence electrons. The molecule has 0 bridgehead atoms. The fourth-order valence-electron chi connectivity index (χ4n) is 2.07. The molecular formula is C14H31NO2S. The Kier molecular flexibility index (Phi) is 13.3. The van der Waals surface area contributed by atoms with Crippen LogP contribution in [0.4, 0.5) is 0 Å². The molecule has 0 unspecified atom stereocenters. The van der Waals surface area contributed by atoms with Crippen LogP contribution in [-0.4, -0.2) is 25.8 Å². The van der Waals surface area contributed by atoms with Gasteiger partial charge in [0, 0.05) is 13.1 Å². The van der Waals surface area contributed by atoms with Gasteiger partial charge >= 0.3 is 0 Å². The predicted octanol–water partition coefficient (Wildman–Crippen LogP) is 3.76. The van der Waals surface area contributed by atoms with Gasteiger partial charge < -0.3 is 0 Å². The van der Waals surface area contributed by atoms with E-state index in [1.807, 2.05) is 0 Å². The molecule has 0 aromatic heterocycles. The van der Waals surface area contributed by atoms with Crippen molar-refractivity contribution in [1.29, 1.82) is 0 Å². The topological polar surface area (TPSA) is 37.4 Å². The normalized spacial score (nSPS) is 11.6. The zero-order chi connectivity index (χ0) is 13.6. The molecule has 0 saturated carbocycles. The van der Waals surface area contributed by atoms with Crippen LogP contribution in [0.5, 0.6) is 0 Å². The molecule has 0 radical (unpaired) electrons. The highest BCUT2D eigenvalue weighted by Crippen LogP contribution is 2.07. The van der Waals surface area contributed by atoms with E-state index < -0.39 is 10.9 Å². The highest BCUT2D eigenvalue weighted by Gasteiger charge is 2.05. The lowest BCUT2D eigenvalue weighted by Gasteiger charge is -2.14. The molecule has 0 rings (SSSR count). The van der Waals surface area contributed by atoms with Crippen molar-refractivity contribution in [3.63, 3.8) is 0 Å². The van der Waals surface area contributed by atoms with Gasteiger partial charge in [0.2, 0.25) is 10.9 Å². The van der Waals surface area contributed by atoms with Crippen LogP contribution in [0.3, 0.4) is 0 Å². The van der Waals surface area contributed by atoms with E-state index in [-0.39, 0.29) is 0 Å². The quantitative estimate of drug-likeness (QED) is 0.411. The minimum Gasteiger partial charge on any atom is -0.215 e. The maximum absolute atomic E-state index is 11.1. The van der Waals surface area contributed by atoms with Gasteiger partial charge in [0.25, 0.3) is 0 Å². The predicted molar refractivity (Wildman–Crippen MR) is 79.4 cm³/mol. The largest absolute Gasteiger partial charge is 0.215 e. The SMILES string of the molecule is CCCCCCCN(CCCCCCC)[SH](=O)=O. The zero-order valence-electron chi connectivity index (χ0n) is 12.2. The Morgan fingerprint density at radius 1 is 0.667 bits per heavy atom. The molecule has 0 fully saturated rings. The standard InChI is InChI=1S/C14H31NO2S/c1-3-5-7-9-11-13-15(18(16)17)14-12-10-8-6-4-2/h18H,3-14H2,1-2H3. The third-order valence-corrected chi connectivity index (χ3v) is 4.13. The summed E-state index contributed by atoms with van der Waals surface area (Å²) in [5, 5.41) is 0. The molecule has 0 N–H and O–H groups in total. The lowest BCUT2D eigenvalue weighted by molar-refractivity contribution is 0.395. The second-order valence-electron chi connectivity index (χ2n) is 5.02. The molecule has 0 atom stereocenters. The van der Waals surface area contributed by atoms with E-state index in [4.69, 9.17) is 0 Å². The number of nitrogens with zero attached hydrogens (tertiary/aromatic N) is 1. The third kappa shape index (κ3) is 11.0. The molecule has 0 heterocycles. The van der Waals surface area contributed by atoms with Crippen molar-refractivity contribution in [3.8, 4) is 0 Å². The molecule has 0 spiro atoms. The van der Waals surface area contributed by atoms with Gasteiger partial charge in [-0.25, -0.2) is 12.7 Å². The summed E-state index contributed by atoms with van der Waals surface area (Å²) in [5.41, 5.74) is 0. The smallest absolute Gasteiger partial charge is 0.203 e. The van der Waals surface area contributed by atoms with Gasteiger partial charge in [-0.05, 0) is 12.8 Å². The van der Waals surface area contributed by atoms with Gasteiger partial charge in [-0.15, -0.1) is 0 Å². The Balaban J connectivity index is 3.59. The van der Waals surface area contributed by atoms with E-state index in [1.54, 1.807) is 4.31 Å². The first-order valence-corrected chi connectivity index (χ1v) is 8.74. The van der Waals surface area contributed by atoms with Gasteiger partial charge in [0.05, 0.1) is 0 Å². The monoisotopic (exact) mass is 277 g/mol. The number of rotatable bonds is 13. The number of hydrogen-bond acceptors (Lipinski definition) is 2. The third-order valence-electron chi connectivity index (χ3n) is 3.27.